The number of halogens is 3. The molecule has 1 aromatic carbocycles. The van der Waals surface area contributed by atoms with Gasteiger partial charge in [0.05, 0.1) is 10.3 Å². The molecule has 1 rings (SSSR count). The second kappa shape index (κ2) is 6.90. The standard InChI is InChI=1S/C6H4ClNO4S.CH2Cl2/c7-13(11,12)6-4-2-1-3-5(6)8(9)10;2-1-3/h1-4H;1H2. The average Bonchev–Trinajstić information content (AvgIpc) is 2.17. The van der Waals surface area contributed by atoms with Crippen LogP contribution in [0.15, 0.2) is 29.2 Å². The van der Waals surface area contributed by atoms with Crippen LogP contribution in [0, 0.1) is 10.1 Å². The molecule has 0 aliphatic heterocycles. The van der Waals surface area contributed by atoms with Crippen molar-refractivity contribution >= 4 is 48.6 Å². The monoisotopic (exact) mass is 305 g/mol. The highest BCUT2D eigenvalue weighted by Crippen LogP contribution is 2.25. The minimum atomic E-state index is -4.05. The maximum absolute atomic E-state index is 10.8. The molecule has 0 unspecified atom stereocenters. The Hall–Kier alpha value is -0.560. The number of benzene rings is 1. The van der Waals surface area contributed by atoms with Crippen molar-refractivity contribution in [3.63, 3.8) is 0 Å². The number of para-hydroxylation sites is 1. The molecular weight excluding hydrogens is 301 g/mol. The molecule has 0 fully saturated rings. The molecule has 16 heavy (non-hydrogen) atoms. The van der Waals surface area contributed by atoms with E-state index in [4.69, 9.17) is 33.9 Å². The van der Waals surface area contributed by atoms with Crippen molar-refractivity contribution in [2.45, 2.75) is 4.90 Å². The van der Waals surface area contributed by atoms with Crippen molar-refractivity contribution in [3.8, 4) is 0 Å². The summed E-state index contributed by atoms with van der Waals surface area (Å²) in [7, 11) is 0.928. The summed E-state index contributed by atoms with van der Waals surface area (Å²) in [4.78, 5) is 9.07. The lowest BCUT2D eigenvalue weighted by Crippen LogP contribution is -1.97. The highest BCUT2D eigenvalue weighted by molar-refractivity contribution is 8.13. The third kappa shape index (κ3) is 4.98. The van der Waals surface area contributed by atoms with Gasteiger partial charge in [0, 0.05) is 16.7 Å². The predicted molar refractivity (Wildman–Crippen MR) is 62.7 cm³/mol. The van der Waals surface area contributed by atoms with Gasteiger partial charge in [-0.15, -0.1) is 23.2 Å². The zero-order valence-corrected chi connectivity index (χ0v) is 10.7. The molecule has 0 saturated carbocycles. The topological polar surface area (TPSA) is 77.3 Å². The molecule has 9 heteroatoms. The number of hydrogen-bond acceptors (Lipinski definition) is 4. The van der Waals surface area contributed by atoms with Gasteiger partial charge in [-0.1, -0.05) is 12.1 Å². The van der Waals surface area contributed by atoms with Crippen LogP contribution in [0.25, 0.3) is 0 Å². The molecule has 0 N–H and O–H groups in total. The van der Waals surface area contributed by atoms with Crippen LogP contribution in [0.5, 0.6) is 0 Å². The summed E-state index contributed by atoms with van der Waals surface area (Å²) in [6.45, 7) is 0. The summed E-state index contributed by atoms with van der Waals surface area (Å²) in [6, 6.07) is 4.89. The second-order valence-corrected chi connectivity index (χ2v) is 5.61. The van der Waals surface area contributed by atoms with Gasteiger partial charge >= 0.3 is 0 Å². The molecular formula is C7H6Cl3NO4S. The van der Waals surface area contributed by atoms with Crippen LogP contribution < -0.4 is 0 Å². The van der Waals surface area contributed by atoms with Gasteiger partial charge in [0.15, 0.2) is 4.90 Å². The van der Waals surface area contributed by atoms with Gasteiger partial charge in [-0.2, -0.15) is 0 Å². The number of nitro groups is 1. The highest BCUT2D eigenvalue weighted by atomic mass is 35.7. The fourth-order valence-electron chi connectivity index (χ4n) is 0.814. The fraction of sp³-hybridized carbons (Fsp3) is 0.143. The first-order chi connectivity index (χ1) is 7.34. The van der Waals surface area contributed by atoms with Crippen molar-refractivity contribution in [2.24, 2.45) is 0 Å². The molecule has 90 valence electrons. The summed E-state index contributed by atoms with van der Waals surface area (Å²) in [5.74, 6) is 0. The lowest BCUT2D eigenvalue weighted by Gasteiger charge is -1.96. The maximum Gasteiger partial charge on any atom is 0.289 e. The van der Waals surface area contributed by atoms with Gasteiger partial charge in [-0.25, -0.2) is 8.42 Å². The largest absolute Gasteiger partial charge is 0.289 e. The van der Waals surface area contributed by atoms with Gasteiger partial charge in [-0.05, 0) is 6.07 Å². The number of rotatable bonds is 2. The summed E-state index contributed by atoms with van der Waals surface area (Å²) in [5, 5.41) is 10.5. The molecule has 0 atom stereocenters. The first-order valence-corrected chi connectivity index (χ1v) is 7.02. The second-order valence-electron chi connectivity index (χ2n) is 2.26. The highest BCUT2D eigenvalue weighted by Gasteiger charge is 2.22. The summed E-state index contributed by atoms with van der Waals surface area (Å²) in [6.07, 6.45) is 0. The van der Waals surface area contributed by atoms with Crippen LogP contribution in [0.3, 0.4) is 0 Å². The third-order valence-electron chi connectivity index (χ3n) is 1.32. The van der Waals surface area contributed by atoms with Crippen LogP contribution in [0.4, 0.5) is 5.69 Å². The SMILES string of the molecule is ClCCl.O=[N+]([O-])c1ccccc1S(=O)(=O)Cl. The van der Waals surface area contributed by atoms with Crippen molar-refractivity contribution in [3.05, 3.63) is 34.4 Å². The molecule has 0 amide bonds. The molecule has 0 spiro atoms. The Labute approximate surface area is 106 Å². The number of hydrogen-bond donors (Lipinski definition) is 0. The lowest BCUT2D eigenvalue weighted by molar-refractivity contribution is -0.387. The van der Waals surface area contributed by atoms with E-state index in [9.17, 15) is 18.5 Å². The summed E-state index contributed by atoms with van der Waals surface area (Å²) >= 11 is 9.53. The van der Waals surface area contributed by atoms with Crippen LogP contribution in [0.1, 0.15) is 0 Å². The zero-order valence-electron chi connectivity index (χ0n) is 7.64. The quantitative estimate of drug-likeness (QED) is 0.364. The van der Waals surface area contributed by atoms with Gasteiger partial charge in [-0.3, -0.25) is 10.1 Å². The van der Waals surface area contributed by atoms with Gasteiger partial charge in [0.25, 0.3) is 14.7 Å². The maximum atomic E-state index is 10.8. The summed E-state index contributed by atoms with van der Waals surface area (Å²) < 4.78 is 21.6. The molecule has 0 aliphatic rings. The molecule has 0 bridgehead atoms. The fourth-order valence-corrected chi connectivity index (χ4v) is 1.84. The van der Waals surface area contributed by atoms with E-state index in [0.717, 1.165) is 12.1 Å². The predicted octanol–water partition coefficient (Wildman–Crippen LogP) is 2.94. The Morgan fingerprint density at radius 3 is 2.00 bits per heavy atom. The molecule has 0 saturated heterocycles. The van der Waals surface area contributed by atoms with Gasteiger partial charge in [0.2, 0.25) is 0 Å². The van der Waals surface area contributed by atoms with Crippen LogP contribution in [0.2, 0.25) is 0 Å². The molecule has 0 heterocycles. The van der Waals surface area contributed by atoms with E-state index >= 15 is 0 Å². The van der Waals surface area contributed by atoms with Crippen LogP contribution in [-0.2, 0) is 9.05 Å². The first kappa shape index (κ1) is 15.4. The Kier molecular flexibility index (Phi) is 6.66. The molecule has 0 aliphatic carbocycles. The van der Waals surface area contributed by atoms with Crippen LogP contribution >= 0.6 is 33.9 Å². The minimum absolute atomic E-state index is 0.194. The Bertz CT molecular complexity index is 462. The van der Waals surface area contributed by atoms with Crippen LogP contribution in [-0.4, -0.2) is 18.7 Å². The Morgan fingerprint density at radius 1 is 1.25 bits per heavy atom. The summed E-state index contributed by atoms with van der Waals surface area (Å²) in [5.41, 5.74) is -0.516. The Morgan fingerprint density at radius 2 is 1.69 bits per heavy atom. The first-order valence-electron chi connectivity index (χ1n) is 3.64. The van der Waals surface area contributed by atoms with Crippen molar-refractivity contribution in [1.29, 1.82) is 0 Å². The normalized spacial score (nSPS) is 10.2. The van der Waals surface area contributed by atoms with Crippen molar-refractivity contribution < 1.29 is 13.3 Å². The zero-order chi connectivity index (χ0) is 12.8. The number of nitro benzene ring substituents is 1. The smallest absolute Gasteiger partial charge is 0.258 e. The molecule has 1 aromatic rings. The number of alkyl halides is 2. The van der Waals surface area contributed by atoms with E-state index < -0.39 is 24.6 Å². The molecule has 0 aromatic heterocycles. The van der Waals surface area contributed by atoms with Gasteiger partial charge in [0.1, 0.15) is 0 Å². The van der Waals surface area contributed by atoms with E-state index in [2.05, 4.69) is 0 Å². The van der Waals surface area contributed by atoms with E-state index in [1.54, 1.807) is 0 Å². The van der Waals surface area contributed by atoms with Crippen molar-refractivity contribution in [2.75, 3.05) is 5.34 Å². The molecule has 5 nitrogen and oxygen atoms in total. The van der Waals surface area contributed by atoms with E-state index in [-0.39, 0.29) is 5.34 Å². The van der Waals surface area contributed by atoms with Gasteiger partial charge < -0.3 is 0 Å². The van der Waals surface area contributed by atoms with Crippen molar-refractivity contribution in [1.82, 2.24) is 0 Å². The minimum Gasteiger partial charge on any atom is -0.258 e. The number of nitrogens with zero attached hydrogens (tertiary/aromatic N) is 1. The Balaban J connectivity index is 0.000000673. The average molecular weight is 307 g/mol. The van der Waals surface area contributed by atoms with E-state index in [1.807, 2.05) is 0 Å². The molecule has 0 radical (unpaired) electrons. The van der Waals surface area contributed by atoms with E-state index in [1.165, 1.54) is 12.1 Å². The van der Waals surface area contributed by atoms with E-state index in [0.29, 0.717) is 0 Å². The lowest BCUT2D eigenvalue weighted by atomic mass is 10.3. The third-order valence-corrected chi connectivity index (χ3v) is 2.69.